The molecule has 0 heterocycles. The van der Waals surface area contributed by atoms with Gasteiger partial charge in [-0.2, -0.15) is 0 Å². The summed E-state index contributed by atoms with van der Waals surface area (Å²) in [5.41, 5.74) is 10.2. The molecular weight excluding hydrogens is 490 g/mol. The number of nitrogens with two attached hydrogens (primary N) is 1. The van der Waals surface area contributed by atoms with Crippen molar-refractivity contribution in [2.75, 3.05) is 21.7 Å². The molecule has 0 spiro atoms. The number of carbonyl (C=O) groups is 2. The van der Waals surface area contributed by atoms with Gasteiger partial charge in [-0.05, 0) is 75.7 Å². The number of nitrogens with one attached hydrogen (secondary N) is 4. The second-order valence-electron chi connectivity index (χ2n) is 9.52. The molecule has 3 aromatic carbocycles. The quantitative estimate of drug-likeness (QED) is 0.216. The van der Waals surface area contributed by atoms with Crippen molar-refractivity contribution in [3.05, 3.63) is 94.8 Å². The van der Waals surface area contributed by atoms with Gasteiger partial charge in [0.25, 0.3) is 5.91 Å². The summed E-state index contributed by atoms with van der Waals surface area (Å²) in [7, 11) is 0. The maximum absolute atomic E-state index is 12.6. The highest BCUT2D eigenvalue weighted by atomic mass is 35.5. The van der Waals surface area contributed by atoms with Gasteiger partial charge < -0.3 is 31.7 Å². The van der Waals surface area contributed by atoms with Crippen LogP contribution in [0.1, 0.15) is 42.3 Å². The summed E-state index contributed by atoms with van der Waals surface area (Å²) in [5, 5.41) is 12.2. The first-order chi connectivity index (χ1) is 17.4. The number of aryl methyl sites for hydroxylation is 1. The standard InChI is InChI=1S/C28H32ClN5O3/c1-17-6-10-21(11-7-17)34-26(35)20-9-13-24(23(30)15-20)32-18(2)33-25-14-19(8-12-22(25)29)16-31-27(36)37-28(3,4)5/h6-15,32-33H,2,16,30H2,1,3-5H3,(H,31,36)(H,34,35). The van der Waals surface area contributed by atoms with Crippen LogP contribution < -0.4 is 27.0 Å². The minimum atomic E-state index is -0.578. The molecule has 194 valence electrons. The Bertz CT molecular complexity index is 1300. The molecule has 0 bridgehead atoms. The first kappa shape index (κ1) is 27.4. The van der Waals surface area contributed by atoms with Crippen molar-refractivity contribution >= 4 is 46.4 Å². The number of rotatable bonds is 8. The van der Waals surface area contributed by atoms with Crippen LogP contribution in [-0.2, 0) is 11.3 Å². The maximum atomic E-state index is 12.6. The first-order valence-corrected chi connectivity index (χ1v) is 12.0. The Morgan fingerprint density at radius 3 is 2.27 bits per heavy atom. The third kappa shape index (κ3) is 8.47. The Kier molecular flexibility index (Phi) is 8.68. The number of halogens is 1. The van der Waals surface area contributed by atoms with E-state index in [0.717, 1.165) is 11.1 Å². The van der Waals surface area contributed by atoms with Gasteiger partial charge in [0.15, 0.2) is 0 Å². The summed E-state index contributed by atoms with van der Waals surface area (Å²) in [6.07, 6.45) is -0.505. The first-order valence-electron chi connectivity index (χ1n) is 11.7. The van der Waals surface area contributed by atoms with Crippen LogP contribution in [-0.4, -0.2) is 17.6 Å². The number of nitrogen functional groups attached to an aromatic ring is 1. The van der Waals surface area contributed by atoms with Gasteiger partial charge in [0.1, 0.15) is 11.4 Å². The number of benzene rings is 3. The Balaban J connectivity index is 1.60. The molecular formula is C28H32ClN5O3. The van der Waals surface area contributed by atoms with E-state index in [-0.39, 0.29) is 12.5 Å². The van der Waals surface area contributed by atoms with Crippen LogP contribution >= 0.6 is 11.6 Å². The minimum Gasteiger partial charge on any atom is -0.444 e. The molecule has 6 N–H and O–H groups in total. The van der Waals surface area contributed by atoms with Gasteiger partial charge >= 0.3 is 6.09 Å². The van der Waals surface area contributed by atoms with Crippen molar-refractivity contribution in [1.29, 1.82) is 0 Å². The molecule has 0 unspecified atom stereocenters. The number of amides is 2. The van der Waals surface area contributed by atoms with Crippen LogP contribution in [0.5, 0.6) is 0 Å². The normalized spacial score (nSPS) is 10.8. The van der Waals surface area contributed by atoms with E-state index in [0.29, 0.717) is 39.2 Å². The average molecular weight is 522 g/mol. The Hall–Kier alpha value is -4.17. The predicted octanol–water partition coefficient (Wildman–Crippen LogP) is 6.50. The van der Waals surface area contributed by atoms with Crippen LogP contribution in [0.4, 0.5) is 27.5 Å². The summed E-state index contributed by atoms with van der Waals surface area (Å²) in [4.78, 5) is 24.5. The second-order valence-corrected chi connectivity index (χ2v) is 9.93. The van der Waals surface area contributed by atoms with Crippen LogP contribution in [0, 0.1) is 6.92 Å². The summed E-state index contributed by atoms with van der Waals surface area (Å²) < 4.78 is 5.26. The van der Waals surface area contributed by atoms with Crippen molar-refractivity contribution in [2.45, 2.75) is 39.8 Å². The molecule has 0 atom stereocenters. The number of carbonyl (C=O) groups excluding carboxylic acids is 2. The summed E-state index contributed by atoms with van der Waals surface area (Å²) >= 11 is 6.34. The molecule has 9 heteroatoms. The maximum Gasteiger partial charge on any atom is 0.407 e. The molecule has 0 aliphatic rings. The van der Waals surface area contributed by atoms with Gasteiger partial charge in [0, 0.05) is 17.8 Å². The monoisotopic (exact) mass is 521 g/mol. The molecule has 0 saturated heterocycles. The van der Waals surface area contributed by atoms with E-state index >= 15 is 0 Å². The zero-order chi connectivity index (χ0) is 27.2. The fourth-order valence-corrected chi connectivity index (χ4v) is 3.45. The number of alkyl carbamates (subject to hydrolysis) is 1. The number of ether oxygens (including phenoxy) is 1. The third-order valence-corrected chi connectivity index (χ3v) is 5.39. The molecule has 0 saturated carbocycles. The third-order valence-electron chi connectivity index (χ3n) is 5.06. The molecule has 0 fully saturated rings. The molecule has 0 radical (unpaired) electrons. The number of anilines is 4. The fraction of sp³-hybridized carbons (Fsp3) is 0.214. The highest BCUT2D eigenvalue weighted by molar-refractivity contribution is 6.33. The van der Waals surface area contributed by atoms with Crippen LogP contribution in [0.2, 0.25) is 5.02 Å². The molecule has 2 amide bonds. The average Bonchev–Trinajstić information content (AvgIpc) is 2.81. The van der Waals surface area contributed by atoms with Gasteiger partial charge in [-0.3, -0.25) is 4.79 Å². The van der Waals surface area contributed by atoms with E-state index < -0.39 is 11.7 Å². The zero-order valence-electron chi connectivity index (χ0n) is 21.4. The lowest BCUT2D eigenvalue weighted by Gasteiger charge is -2.20. The van der Waals surface area contributed by atoms with Crippen molar-refractivity contribution in [2.24, 2.45) is 0 Å². The van der Waals surface area contributed by atoms with Crippen LogP contribution in [0.3, 0.4) is 0 Å². The lowest BCUT2D eigenvalue weighted by atomic mass is 10.1. The summed E-state index contributed by atoms with van der Waals surface area (Å²) in [6, 6.07) is 17.8. The van der Waals surface area contributed by atoms with Gasteiger partial charge in [0.2, 0.25) is 0 Å². The van der Waals surface area contributed by atoms with Crippen molar-refractivity contribution in [3.63, 3.8) is 0 Å². The summed E-state index contributed by atoms with van der Waals surface area (Å²) in [6.45, 7) is 11.6. The summed E-state index contributed by atoms with van der Waals surface area (Å²) in [5.74, 6) is 0.158. The Morgan fingerprint density at radius 1 is 0.946 bits per heavy atom. The zero-order valence-corrected chi connectivity index (χ0v) is 22.1. The second kappa shape index (κ2) is 11.7. The van der Waals surface area contributed by atoms with Crippen molar-refractivity contribution < 1.29 is 14.3 Å². The highest BCUT2D eigenvalue weighted by Gasteiger charge is 2.16. The molecule has 3 aromatic rings. The van der Waals surface area contributed by atoms with Crippen LogP contribution in [0.25, 0.3) is 0 Å². The molecule has 3 rings (SSSR count). The lowest BCUT2D eigenvalue weighted by molar-refractivity contribution is 0.0523. The van der Waals surface area contributed by atoms with Gasteiger partial charge in [-0.1, -0.05) is 41.9 Å². The van der Waals surface area contributed by atoms with E-state index in [2.05, 4.69) is 27.8 Å². The van der Waals surface area contributed by atoms with E-state index in [1.807, 2.05) is 31.2 Å². The van der Waals surface area contributed by atoms with Crippen molar-refractivity contribution in [1.82, 2.24) is 5.32 Å². The van der Waals surface area contributed by atoms with E-state index in [4.69, 9.17) is 22.1 Å². The highest BCUT2D eigenvalue weighted by Crippen LogP contribution is 2.26. The molecule has 0 aliphatic carbocycles. The Labute approximate surface area is 222 Å². The largest absolute Gasteiger partial charge is 0.444 e. The van der Waals surface area contributed by atoms with E-state index in [1.165, 1.54) is 0 Å². The molecule has 8 nitrogen and oxygen atoms in total. The molecule has 0 aromatic heterocycles. The number of hydrogen-bond acceptors (Lipinski definition) is 6. The molecule has 37 heavy (non-hydrogen) atoms. The van der Waals surface area contributed by atoms with E-state index in [1.54, 1.807) is 57.2 Å². The van der Waals surface area contributed by atoms with Crippen LogP contribution in [0.15, 0.2) is 73.1 Å². The van der Waals surface area contributed by atoms with Gasteiger partial charge in [-0.15, -0.1) is 0 Å². The Morgan fingerprint density at radius 2 is 1.62 bits per heavy atom. The van der Waals surface area contributed by atoms with Gasteiger partial charge in [0.05, 0.1) is 22.1 Å². The topological polar surface area (TPSA) is 118 Å². The van der Waals surface area contributed by atoms with Crippen molar-refractivity contribution in [3.8, 4) is 0 Å². The number of hydrogen-bond donors (Lipinski definition) is 5. The lowest BCUT2D eigenvalue weighted by Crippen LogP contribution is -2.32. The smallest absolute Gasteiger partial charge is 0.407 e. The fourth-order valence-electron chi connectivity index (χ4n) is 3.28. The minimum absolute atomic E-state index is 0.261. The molecule has 0 aliphatic heterocycles. The van der Waals surface area contributed by atoms with E-state index in [9.17, 15) is 9.59 Å². The van der Waals surface area contributed by atoms with Gasteiger partial charge in [-0.25, -0.2) is 4.79 Å². The predicted molar refractivity (Wildman–Crippen MR) is 151 cm³/mol. The SMILES string of the molecule is C=C(Nc1ccc(C(=O)Nc2ccc(C)cc2)cc1N)Nc1cc(CNC(=O)OC(C)(C)C)ccc1Cl.